The van der Waals surface area contributed by atoms with Gasteiger partial charge in [0.25, 0.3) is 0 Å². The molecule has 3 atom stereocenters. The maximum absolute atomic E-state index is 11.8. The van der Waals surface area contributed by atoms with Crippen molar-refractivity contribution in [1.82, 2.24) is 25.2 Å². The fraction of sp³-hybridized carbons (Fsp3) is 0.852. The molecule has 2 rings (SSSR count). The molecule has 2 N–H and O–H groups in total. The van der Waals surface area contributed by atoms with Crippen molar-refractivity contribution in [3.63, 3.8) is 0 Å². The fourth-order valence-electron chi connectivity index (χ4n) is 4.14. The highest BCUT2D eigenvalue weighted by molar-refractivity contribution is 7.91. The van der Waals surface area contributed by atoms with Gasteiger partial charge in [-0.25, -0.2) is 17.9 Å². The first-order valence-corrected chi connectivity index (χ1v) is 16.7. The molecule has 2 heterocycles. The Bertz CT molecular complexity index is 1040. The zero-order valence-electron chi connectivity index (χ0n) is 26.2. The number of nitrogens with zero attached hydrogens (tertiary/aromatic N) is 4. The minimum Gasteiger partial charge on any atom is -0.479 e. The third-order valence-electron chi connectivity index (χ3n) is 6.21. The van der Waals surface area contributed by atoms with E-state index in [4.69, 9.17) is 28.4 Å². The molecule has 0 spiro atoms. The zero-order chi connectivity index (χ0) is 32.4. The number of aromatic nitrogens is 3. The number of nitrogens with one attached hydrogen (secondary N) is 1. The second-order valence-electron chi connectivity index (χ2n) is 10.7. The van der Waals surface area contributed by atoms with E-state index in [-0.39, 0.29) is 30.3 Å². The van der Waals surface area contributed by atoms with Crippen LogP contribution in [0.1, 0.15) is 33.4 Å². The number of carbonyl (C=O) groups is 2. The topological polar surface area (TPSA) is 190 Å². The van der Waals surface area contributed by atoms with Crippen molar-refractivity contribution in [3.05, 3.63) is 11.9 Å². The molecule has 1 fully saturated rings. The SMILES string of the molecule is CC(C)OC(C=O)OC(C(=O)O)C(CNCCOCCOCCOCCn1cc(CN2CCS(=O)(=O)CC2)nn1)OC(C)C. The standard InChI is InChI=1S/C27H49N5O11S/c1-21(2)41-24(26(27(34)35)43-25(20-33)42-22(3)4)17-28-5-9-38-11-13-40-14-12-39-10-6-32-19-23(29-30-32)18-31-7-15-44(36,37)16-8-31/h19-22,24-26,28H,5-18H2,1-4H3,(H,34,35). The van der Waals surface area contributed by atoms with Crippen LogP contribution in [0.4, 0.5) is 0 Å². The number of hydrogen-bond donors (Lipinski definition) is 2. The van der Waals surface area contributed by atoms with E-state index in [9.17, 15) is 23.1 Å². The van der Waals surface area contributed by atoms with Crippen molar-refractivity contribution >= 4 is 22.1 Å². The number of ether oxygens (including phenoxy) is 6. The molecular formula is C27H49N5O11S. The highest BCUT2D eigenvalue weighted by Crippen LogP contribution is 2.12. The molecule has 0 aliphatic carbocycles. The predicted octanol–water partition coefficient (Wildman–Crippen LogP) is -0.639. The average molecular weight is 652 g/mol. The lowest BCUT2D eigenvalue weighted by molar-refractivity contribution is -0.213. The van der Waals surface area contributed by atoms with Crippen LogP contribution in [0, 0.1) is 0 Å². The van der Waals surface area contributed by atoms with Crippen molar-refractivity contribution < 1.29 is 51.5 Å². The maximum Gasteiger partial charge on any atom is 0.335 e. The molecule has 1 aliphatic heterocycles. The van der Waals surface area contributed by atoms with E-state index < -0.39 is 34.3 Å². The monoisotopic (exact) mass is 651 g/mol. The van der Waals surface area contributed by atoms with Crippen LogP contribution in [0.25, 0.3) is 0 Å². The summed E-state index contributed by atoms with van der Waals surface area (Å²) in [5, 5.41) is 21.0. The Hall–Kier alpha value is -2.09. The number of hydrogen-bond acceptors (Lipinski definition) is 14. The number of sulfone groups is 1. The molecule has 17 heteroatoms. The number of aldehydes is 1. The minimum absolute atomic E-state index is 0.167. The van der Waals surface area contributed by atoms with Gasteiger partial charge in [-0.05, 0) is 27.7 Å². The summed E-state index contributed by atoms with van der Waals surface area (Å²) in [5.74, 6) is -0.890. The van der Waals surface area contributed by atoms with Gasteiger partial charge in [0.15, 0.2) is 22.2 Å². The summed E-state index contributed by atoms with van der Waals surface area (Å²) in [5.41, 5.74) is 0.796. The van der Waals surface area contributed by atoms with Gasteiger partial charge >= 0.3 is 5.97 Å². The maximum atomic E-state index is 11.8. The molecule has 0 saturated carbocycles. The van der Waals surface area contributed by atoms with Crippen molar-refractivity contribution in [2.75, 3.05) is 77.3 Å². The van der Waals surface area contributed by atoms with Crippen LogP contribution < -0.4 is 5.32 Å². The van der Waals surface area contributed by atoms with E-state index in [1.54, 1.807) is 32.4 Å². The lowest BCUT2D eigenvalue weighted by Crippen LogP contribution is -2.48. The van der Waals surface area contributed by atoms with E-state index in [1.165, 1.54) is 0 Å². The summed E-state index contributed by atoms with van der Waals surface area (Å²) in [6.07, 6.45) is -1.89. The largest absolute Gasteiger partial charge is 0.479 e. The third-order valence-corrected chi connectivity index (χ3v) is 7.82. The summed E-state index contributed by atoms with van der Waals surface area (Å²) in [6.45, 7) is 12.2. The van der Waals surface area contributed by atoms with Crippen LogP contribution in [0.2, 0.25) is 0 Å². The summed E-state index contributed by atoms with van der Waals surface area (Å²) in [7, 11) is -2.90. The van der Waals surface area contributed by atoms with Gasteiger partial charge in [-0.15, -0.1) is 5.10 Å². The Morgan fingerprint density at radius 3 is 2.18 bits per heavy atom. The van der Waals surface area contributed by atoms with E-state index in [0.717, 1.165) is 5.69 Å². The molecule has 0 bridgehead atoms. The van der Waals surface area contributed by atoms with Crippen LogP contribution in [-0.2, 0) is 60.9 Å². The van der Waals surface area contributed by atoms with E-state index in [1.807, 2.05) is 6.20 Å². The number of rotatable bonds is 25. The highest BCUT2D eigenvalue weighted by atomic mass is 32.2. The van der Waals surface area contributed by atoms with E-state index >= 15 is 0 Å². The number of aliphatic carboxylic acids is 1. The predicted molar refractivity (Wildman–Crippen MR) is 158 cm³/mol. The van der Waals surface area contributed by atoms with Crippen LogP contribution in [0.15, 0.2) is 6.20 Å². The van der Waals surface area contributed by atoms with Gasteiger partial charge in [0.05, 0.1) is 75.6 Å². The molecule has 16 nitrogen and oxygen atoms in total. The number of carboxylic acid groups (broad SMARTS) is 1. The van der Waals surface area contributed by atoms with Crippen molar-refractivity contribution in [3.8, 4) is 0 Å². The molecule has 1 aromatic heterocycles. The third kappa shape index (κ3) is 16.3. The smallest absolute Gasteiger partial charge is 0.335 e. The first-order valence-electron chi connectivity index (χ1n) is 14.9. The van der Waals surface area contributed by atoms with Gasteiger partial charge in [0.2, 0.25) is 6.29 Å². The van der Waals surface area contributed by atoms with Gasteiger partial charge < -0.3 is 38.8 Å². The molecule has 0 amide bonds. The summed E-state index contributed by atoms with van der Waals surface area (Å²) < 4.78 is 57.9. The first kappa shape index (κ1) is 38.1. The van der Waals surface area contributed by atoms with E-state index in [2.05, 4.69) is 20.5 Å². The van der Waals surface area contributed by atoms with Crippen LogP contribution >= 0.6 is 0 Å². The second-order valence-corrected chi connectivity index (χ2v) is 13.1. The van der Waals surface area contributed by atoms with Gasteiger partial charge in [-0.1, -0.05) is 5.21 Å². The lowest BCUT2D eigenvalue weighted by Gasteiger charge is -2.28. The quantitative estimate of drug-likeness (QED) is 0.0771. The fourth-order valence-corrected chi connectivity index (χ4v) is 5.41. The van der Waals surface area contributed by atoms with Crippen molar-refractivity contribution in [2.24, 2.45) is 0 Å². The molecule has 1 aromatic rings. The Kier molecular flexibility index (Phi) is 18.0. The zero-order valence-corrected chi connectivity index (χ0v) is 27.0. The summed E-state index contributed by atoms with van der Waals surface area (Å²) >= 11 is 0. The minimum atomic E-state index is -2.90. The Labute approximate surface area is 259 Å². The van der Waals surface area contributed by atoms with Crippen LogP contribution in [0.5, 0.6) is 0 Å². The van der Waals surface area contributed by atoms with Crippen LogP contribution in [-0.4, -0.2) is 154 Å². The molecule has 254 valence electrons. The molecular weight excluding hydrogens is 602 g/mol. The molecule has 0 radical (unpaired) electrons. The van der Waals surface area contributed by atoms with Crippen molar-refractivity contribution in [2.45, 2.75) is 71.5 Å². The molecule has 1 saturated heterocycles. The Balaban J connectivity index is 1.51. The molecule has 44 heavy (non-hydrogen) atoms. The number of carbonyl (C=O) groups excluding carboxylic acids is 1. The Morgan fingerprint density at radius 1 is 0.977 bits per heavy atom. The molecule has 3 unspecified atom stereocenters. The highest BCUT2D eigenvalue weighted by Gasteiger charge is 2.33. The van der Waals surface area contributed by atoms with E-state index in [0.29, 0.717) is 78.7 Å². The first-order chi connectivity index (χ1) is 21.0. The second kappa shape index (κ2) is 20.8. The average Bonchev–Trinajstić information content (AvgIpc) is 3.40. The summed E-state index contributed by atoms with van der Waals surface area (Å²) in [6, 6.07) is 0. The van der Waals surface area contributed by atoms with Crippen molar-refractivity contribution in [1.29, 1.82) is 0 Å². The normalized spacial score (nSPS) is 17.6. The lowest BCUT2D eigenvalue weighted by atomic mass is 10.2. The molecule has 0 aromatic carbocycles. The number of carboxylic acids is 1. The summed E-state index contributed by atoms with van der Waals surface area (Å²) in [4.78, 5) is 25.2. The molecule has 1 aliphatic rings. The van der Waals surface area contributed by atoms with Gasteiger partial charge in [-0.2, -0.15) is 0 Å². The van der Waals surface area contributed by atoms with Gasteiger partial charge in [0.1, 0.15) is 6.10 Å². The Morgan fingerprint density at radius 2 is 1.59 bits per heavy atom. The van der Waals surface area contributed by atoms with Crippen LogP contribution in [0.3, 0.4) is 0 Å². The van der Waals surface area contributed by atoms with Gasteiger partial charge in [-0.3, -0.25) is 9.69 Å². The van der Waals surface area contributed by atoms with Gasteiger partial charge in [0, 0.05) is 38.9 Å².